The molecule has 206 valence electrons. The van der Waals surface area contributed by atoms with E-state index in [-0.39, 0.29) is 16.5 Å². The van der Waals surface area contributed by atoms with Crippen molar-refractivity contribution in [2.24, 2.45) is 0 Å². The zero-order chi connectivity index (χ0) is 27.9. The SMILES string of the molecule is CC(C)(C)OC(=O)NC1CCN(c2ccc(C(=O)NC(CC(=O)O)NS(=O)(=O)c3ccccc3)cc2)CC1. The number of carboxylic acid groups (broad SMARTS) is 1. The Kier molecular flexibility index (Phi) is 9.34. The fraction of sp³-hybridized carbons (Fsp3) is 0.423. The average molecular weight is 547 g/mol. The fourth-order valence-corrected chi connectivity index (χ4v) is 5.14. The van der Waals surface area contributed by atoms with Gasteiger partial charge in [-0.15, -0.1) is 0 Å². The number of alkyl carbamates (subject to hydrolysis) is 1. The molecule has 2 amide bonds. The number of carbonyl (C=O) groups excluding carboxylic acids is 2. The highest BCUT2D eigenvalue weighted by Gasteiger charge is 2.26. The molecule has 0 aliphatic carbocycles. The quantitative estimate of drug-likeness (QED) is 0.350. The lowest BCUT2D eigenvalue weighted by atomic mass is 10.0. The Morgan fingerprint density at radius 3 is 2.18 bits per heavy atom. The first-order valence-electron chi connectivity index (χ1n) is 12.3. The van der Waals surface area contributed by atoms with Crippen molar-refractivity contribution in [1.82, 2.24) is 15.4 Å². The summed E-state index contributed by atoms with van der Waals surface area (Å²) in [6.45, 7) is 6.85. The Morgan fingerprint density at radius 2 is 1.63 bits per heavy atom. The largest absolute Gasteiger partial charge is 0.481 e. The van der Waals surface area contributed by atoms with Gasteiger partial charge in [0, 0.05) is 30.4 Å². The molecule has 0 aromatic heterocycles. The van der Waals surface area contributed by atoms with Gasteiger partial charge in [0.1, 0.15) is 11.8 Å². The number of aliphatic carboxylic acids is 1. The summed E-state index contributed by atoms with van der Waals surface area (Å²) in [6, 6.07) is 14.2. The summed E-state index contributed by atoms with van der Waals surface area (Å²) in [5.41, 5.74) is 0.590. The first-order valence-corrected chi connectivity index (χ1v) is 13.8. The van der Waals surface area contributed by atoms with Gasteiger partial charge in [-0.05, 0) is 70.0 Å². The monoisotopic (exact) mass is 546 g/mol. The summed E-state index contributed by atoms with van der Waals surface area (Å²) >= 11 is 0. The number of rotatable bonds is 9. The van der Waals surface area contributed by atoms with Gasteiger partial charge in [0.05, 0.1) is 11.3 Å². The van der Waals surface area contributed by atoms with Crippen LogP contribution in [0, 0.1) is 0 Å². The van der Waals surface area contributed by atoms with Crippen molar-refractivity contribution in [2.75, 3.05) is 18.0 Å². The third-order valence-corrected chi connectivity index (χ3v) is 7.23. The summed E-state index contributed by atoms with van der Waals surface area (Å²) in [5, 5.41) is 14.6. The molecule has 0 spiro atoms. The molecule has 1 aliphatic rings. The number of nitrogens with zero attached hydrogens (tertiary/aromatic N) is 1. The maximum Gasteiger partial charge on any atom is 0.407 e. The number of carboxylic acids is 1. The van der Waals surface area contributed by atoms with Crippen molar-refractivity contribution in [2.45, 2.75) is 62.7 Å². The van der Waals surface area contributed by atoms with Gasteiger partial charge in [-0.3, -0.25) is 9.59 Å². The van der Waals surface area contributed by atoms with E-state index in [2.05, 4.69) is 20.3 Å². The summed E-state index contributed by atoms with van der Waals surface area (Å²) in [5.74, 6) is -1.88. The van der Waals surface area contributed by atoms with Crippen LogP contribution in [-0.2, 0) is 19.6 Å². The van der Waals surface area contributed by atoms with Crippen LogP contribution in [0.1, 0.15) is 50.4 Å². The number of nitrogens with one attached hydrogen (secondary N) is 3. The second-order valence-corrected chi connectivity index (χ2v) is 11.7. The van der Waals surface area contributed by atoms with Crippen LogP contribution >= 0.6 is 0 Å². The molecule has 1 heterocycles. The lowest BCUT2D eigenvalue weighted by molar-refractivity contribution is -0.137. The average Bonchev–Trinajstić information content (AvgIpc) is 2.83. The fourth-order valence-electron chi connectivity index (χ4n) is 3.97. The zero-order valence-electron chi connectivity index (χ0n) is 21.6. The van der Waals surface area contributed by atoms with Crippen LogP contribution in [-0.4, -0.2) is 62.4 Å². The minimum absolute atomic E-state index is 0.0111. The highest BCUT2D eigenvalue weighted by atomic mass is 32.2. The van der Waals surface area contributed by atoms with E-state index in [9.17, 15) is 27.9 Å². The standard InChI is InChI=1S/C26H34N4O7S/c1-26(2,3)37-25(34)27-19-13-15-30(16-14-19)20-11-9-18(10-12-20)24(33)28-22(17-23(31)32)29-38(35,36)21-7-5-4-6-8-21/h4-12,19,22,29H,13-17H2,1-3H3,(H,27,34)(H,28,33)(H,31,32). The molecule has 4 N–H and O–H groups in total. The number of piperidine rings is 1. The number of sulfonamides is 1. The van der Waals surface area contributed by atoms with E-state index in [1.54, 1.807) is 42.5 Å². The Labute approximate surface area is 222 Å². The van der Waals surface area contributed by atoms with Crippen LogP contribution in [0.5, 0.6) is 0 Å². The van der Waals surface area contributed by atoms with E-state index >= 15 is 0 Å². The third-order valence-electron chi connectivity index (χ3n) is 5.75. The van der Waals surface area contributed by atoms with Gasteiger partial charge in [-0.25, -0.2) is 13.2 Å². The predicted molar refractivity (Wildman–Crippen MR) is 141 cm³/mol. The molecule has 1 saturated heterocycles. The van der Waals surface area contributed by atoms with E-state index in [1.165, 1.54) is 12.1 Å². The molecule has 38 heavy (non-hydrogen) atoms. The Morgan fingerprint density at radius 1 is 1.03 bits per heavy atom. The maximum atomic E-state index is 12.8. The van der Waals surface area contributed by atoms with E-state index in [0.29, 0.717) is 13.1 Å². The maximum absolute atomic E-state index is 12.8. The van der Waals surface area contributed by atoms with Gasteiger partial charge in [-0.1, -0.05) is 18.2 Å². The first-order chi connectivity index (χ1) is 17.8. The summed E-state index contributed by atoms with van der Waals surface area (Å²) < 4.78 is 32.8. The minimum atomic E-state index is -4.04. The van der Waals surface area contributed by atoms with E-state index < -0.39 is 46.2 Å². The molecule has 1 aliphatic heterocycles. The zero-order valence-corrected chi connectivity index (χ0v) is 22.5. The lowest BCUT2D eigenvalue weighted by Crippen LogP contribution is -2.49. The molecule has 0 radical (unpaired) electrons. The van der Waals surface area contributed by atoms with Gasteiger partial charge in [0.15, 0.2) is 0 Å². The highest BCUT2D eigenvalue weighted by molar-refractivity contribution is 7.89. The molecule has 12 heteroatoms. The van der Waals surface area contributed by atoms with Gasteiger partial charge in [0.2, 0.25) is 10.0 Å². The number of carbonyl (C=O) groups is 3. The van der Waals surface area contributed by atoms with Crippen LogP contribution in [0.2, 0.25) is 0 Å². The van der Waals surface area contributed by atoms with Crippen LogP contribution < -0.4 is 20.3 Å². The molecule has 0 saturated carbocycles. The van der Waals surface area contributed by atoms with Crippen molar-refractivity contribution in [3.8, 4) is 0 Å². The Balaban J connectivity index is 1.57. The predicted octanol–water partition coefficient (Wildman–Crippen LogP) is 2.69. The molecule has 3 rings (SSSR count). The number of anilines is 1. The van der Waals surface area contributed by atoms with E-state index in [0.717, 1.165) is 18.5 Å². The van der Waals surface area contributed by atoms with Crippen LogP contribution in [0.3, 0.4) is 0 Å². The van der Waals surface area contributed by atoms with Crippen LogP contribution in [0.25, 0.3) is 0 Å². The summed E-state index contributed by atoms with van der Waals surface area (Å²) in [6.07, 6.45) is -0.943. The molecular formula is C26H34N4O7S. The van der Waals surface area contributed by atoms with Gasteiger partial charge < -0.3 is 25.4 Å². The Hall–Kier alpha value is -3.64. The second kappa shape index (κ2) is 12.3. The molecular weight excluding hydrogens is 512 g/mol. The minimum Gasteiger partial charge on any atom is -0.481 e. The van der Waals surface area contributed by atoms with Crippen molar-refractivity contribution >= 4 is 33.7 Å². The number of hydrogen-bond donors (Lipinski definition) is 4. The lowest BCUT2D eigenvalue weighted by Gasteiger charge is -2.34. The smallest absolute Gasteiger partial charge is 0.407 e. The van der Waals surface area contributed by atoms with Crippen LogP contribution in [0.15, 0.2) is 59.5 Å². The highest BCUT2D eigenvalue weighted by Crippen LogP contribution is 2.21. The number of benzene rings is 2. The molecule has 1 unspecified atom stereocenters. The number of amides is 2. The van der Waals surface area contributed by atoms with E-state index in [1.807, 2.05) is 20.8 Å². The third kappa shape index (κ3) is 8.73. The van der Waals surface area contributed by atoms with Crippen LogP contribution in [0.4, 0.5) is 10.5 Å². The molecule has 2 aromatic rings. The summed E-state index contributed by atoms with van der Waals surface area (Å²) in [4.78, 5) is 38.2. The van der Waals surface area contributed by atoms with Crippen molar-refractivity contribution in [1.29, 1.82) is 0 Å². The topological polar surface area (TPSA) is 154 Å². The van der Waals surface area contributed by atoms with Gasteiger partial charge in [-0.2, -0.15) is 4.72 Å². The molecule has 1 fully saturated rings. The first kappa shape index (κ1) is 28.9. The molecule has 2 aromatic carbocycles. The molecule has 11 nitrogen and oxygen atoms in total. The normalized spacial score (nSPS) is 15.4. The molecule has 1 atom stereocenters. The second-order valence-electron chi connectivity index (χ2n) is 10.0. The molecule has 0 bridgehead atoms. The van der Waals surface area contributed by atoms with Gasteiger partial charge >= 0.3 is 12.1 Å². The van der Waals surface area contributed by atoms with Crippen molar-refractivity contribution in [3.05, 3.63) is 60.2 Å². The van der Waals surface area contributed by atoms with E-state index in [4.69, 9.17) is 4.74 Å². The number of hydrogen-bond acceptors (Lipinski definition) is 7. The van der Waals surface area contributed by atoms with Crippen molar-refractivity contribution < 1.29 is 32.6 Å². The van der Waals surface area contributed by atoms with Crippen molar-refractivity contribution in [3.63, 3.8) is 0 Å². The number of ether oxygens (including phenoxy) is 1. The Bertz CT molecular complexity index is 1220. The van der Waals surface area contributed by atoms with Gasteiger partial charge in [0.25, 0.3) is 5.91 Å². The summed E-state index contributed by atoms with van der Waals surface area (Å²) in [7, 11) is -4.04.